The minimum Gasteiger partial charge on any atom is -0.261 e. The van der Waals surface area contributed by atoms with Crippen molar-refractivity contribution in [2.24, 2.45) is 0 Å². The van der Waals surface area contributed by atoms with Gasteiger partial charge in [-0.25, -0.2) is 4.39 Å². The van der Waals surface area contributed by atoms with Gasteiger partial charge >= 0.3 is 0 Å². The van der Waals surface area contributed by atoms with Gasteiger partial charge in [-0.2, -0.15) is 0 Å². The maximum absolute atomic E-state index is 12.9. The molecule has 1 saturated carbocycles. The highest BCUT2D eigenvalue weighted by atomic mass is 79.9. The van der Waals surface area contributed by atoms with Gasteiger partial charge in [-0.3, -0.25) is 4.98 Å². The number of hydrogen-bond donors (Lipinski definition) is 0. The number of nitrogens with zero attached hydrogens (tertiary/aromatic N) is 1. The van der Waals surface area contributed by atoms with Crippen LogP contribution in [0.3, 0.4) is 0 Å². The number of hydrogen-bond acceptors (Lipinski definition) is 1. The maximum Gasteiger partial charge on any atom is 0.141 e. The highest BCUT2D eigenvalue weighted by Crippen LogP contribution is 2.38. The van der Waals surface area contributed by atoms with Crippen molar-refractivity contribution in [3.05, 3.63) is 29.8 Å². The van der Waals surface area contributed by atoms with Crippen molar-refractivity contribution >= 4 is 15.9 Å². The van der Waals surface area contributed by atoms with E-state index in [2.05, 4.69) is 20.9 Å². The molecular weight excluding hydrogens is 233 g/mol. The van der Waals surface area contributed by atoms with Crippen molar-refractivity contribution < 1.29 is 4.39 Å². The first-order valence-corrected chi connectivity index (χ1v) is 5.43. The molecule has 0 aromatic carbocycles. The number of alkyl halides is 1. The minimum atomic E-state index is -0.232. The topological polar surface area (TPSA) is 12.9 Å². The molecule has 1 fully saturated rings. The molecule has 0 amide bonds. The van der Waals surface area contributed by atoms with Gasteiger partial charge < -0.3 is 0 Å². The van der Waals surface area contributed by atoms with E-state index in [0.29, 0.717) is 10.7 Å². The summed E-state index contributed by atoms with van der Waals surface area (Å²) in [5, 5.41) is 0. The van der Waals surface area contributed by atoms with E-state index in [-0.39, 0.29) is 5.82 Å². The normalized spacial score (nSPS) is 27.8. The van der Waals surface area contributed by atoms with Crippen LogP contribution in [0.15, 0.2) is 18.5 Å². The molecule has 0 radical (unpaired) electrons. The van der Waals surface area contributed by atoms with Gasteiger partial charge in [0.05, 0.1) is 6.20 Å². The van der Waals surface area contributed by atoms with Crippen molar-refractivity contribution in [3.8, 4) is 0 Å². The second-order valence-corrected chi connectivity index (χ2v) is 4.67. The Labute approximate surface area is 85.5 Å². The summed E-state index contributed by atoms with van der Waals surface area (Å²) < 4.78 is 12.9. The Hall–Kier alpha value is -0.440. The third-order valence-electron chi connectivity index (χ3n) is 2.59. The average Bonchev–Trinajstić information content (AvgIpc) is 2.51. The van der Waals surface area contributed by atoms with Crippen LogP contribution in [-0.2, 0) is 0 Å². The summed E-state index contributed by atoms with van der Waals surface area (Å²) in [5.74, 6) is 0.215. The predicted octanol–water partition coefficient (Wildman–Crippen LogP) is 3.25. The van der Waals surface area contributed by atoms with Crippen molar-refractivity contribution in [2.45, 2.75) is 30.0 Å². The molecule has 1 heterocycles. The smallest absolute Gasteiger partial charge is 0.141 e. The van der Waals surface area contributed by atoms with E-state index in [1.54, 1.807) is 12.3 Å². The van der Waals surface area contributed by atoms with Crippen LogP contribution in [0.4, 0.5) is 4.39 Å². The second-order valence-electron chi connectivity index (χ2n) is 3.49. The predicted molar refractivity (Wildman–Crippen MR) is 53.5 cm³/mol. The first-order chi connectivity index (χ1) is 6.27. The Balaban J connectivity index is 2.24. The van der Waals surface area contributed by atoms with E-state index in [4.69, 9.17) is 0 Å². The van der Waals surface area contributed by atoms with E-state index in [1.165, 1.54) is 19.0 Å². The summed E-state index contributed by atoms with van der Waals surface area (Å²) >= 11 is 3.62. The zero-order chi connectivity index (χ0) is 9.26. The molecule has 0 N–H and O–H groups in total. The molecule has 2 unspecified atom stereocenters. The lowest BCUT2D eigenvalue weighted by molar-refractivity contribution is 0.612. The molecule has 2 rings (SSSR count). The number of pyridine rings is 1. The molecule has 70 valence electrons. The largest absolute Gasteiger partial charge is 0.261 e. The molecule has 0 spiro atoms. The average molecular weight is 244 g/mol. The number of halogens is 2. The van der Waals surface area contributed by atoms with E-state index in [0.717, 1.165) is 12.0 Å². The molecule has 0 bridgehead atoms. The Morgan fingerprint density at radius 1 is 1.38 bits per heavy atom. The van der Waals surface area contributed by atoms with E-state index in [1.807, 2.05) is 0 Å². The fraction of sp³-hybridized carbons (Fsp3) is 0.500. The molecule has 1 nitrogen and oxygen atoms in total. The summed E-state index contributed by atoms with van der Waals surface area (Å²) in [6.07, 6.45) is 6.56. The molecule has 1 aromatic rings. The van der Waals surface area contributed by atoms with Crippen molar-refractivity contribution in [1.29, 1.82) is 0 Å². The monoisotopic (exact) mass is 243 g/mol. The van der Waals surface area contributed by atoms with Gasteiger partial charge in [0, 0.05) is 11.0 Å². The number of rotatable bonds is 1. The van der Waals surface area contributed by atoms with E-state index in [9.17, 15) is 4.39 Å². The van der Waals surface area contributed by atoms with E-state index >= 15 is 0 Å². The van der Waals surface area contributed by atoms with Crippen LogP contribution in [0.5, 0.6) is 0 Å². The molecule has 0 aliphatic heterocycles. The second kappa shape index (κ2) is 3.74. The van der Waals surface area contributed by atoms with Crippen LogP contribution < -0.4 is 0 Å². The Morgan fingerprint density at radius 2 is 2.23 bits per heavy atom. The van der Waals surface area contributed by atoms with Gasteiger partial charge in [0.1, 0.15) is 5.82 Å². The van der Waals surface area contributed by atoms with Crippen LogP contribution in [0.2, 0.25) is 0 Å². The maximum atomic E-state index is 12.9. The molecule has 1 aliphatic carbocycles. The molecule has 0 saturated heterocycles. The van der Waals surface area contributed by atoms with Gasteiger partial charge in [0.15, 0.2) is 0 Å². The Morgan fingerprint density at radius 3 is 2.85 bits per heavy atom. The van der Waals surface area contributed by atoms with Gasteiger partial charge in [-0.15, -0.1) is 0 Å². The fourth-order valence-electron chi connectivity index (χ4n) is 1.92. The molecule has 2 atom stereocenters. The standard InChI is InChI=1S/C10H11BrFN/c11-10-3-1-2-9(10)7-4-8(12)6-13-5-7/h4-6,9-10H,1-3H2. The zero-order valence-electron chi connectivity index (χ0n) is 7.21. The van der Waals surface area contributed by atoms with Gasteiger partial charge in [0.25, 0.3) is 0 Å². The third kappa shape index (κ3) is 1.90. The van der Waals surface area contributed by atoms with Crippen LogP contribution in [0.1, 0.15) is 30.7 Å². The zero-order valence-corrected chi connectivity index (χ0v) is 8.80. The quantitative estimate of drug-likeness (QED) is 0.691. The molecule has 13 heavy (non-hydrogen) atoms. The minimum absolute atomic E-state index is 0.232. The first kappa shape index (κ1) is 9.13. The summed E-state index contributed by atoms with van der Waals surface area (Å²) in [5.41, 5.74) is 1.03. The third-order valence-corrected chi connectivity index (χ3v) is 3.68. The highest BCUT2D eigenvalue weighted by Gasteiger charge is 2.26. The highest BCUT2D eigenvalue weighted by molar-refractivity contribution is 9.09. The van der Waals surface area contributed by atoms with E-state index < -0.39 is 0 Å². The Kier molecular flexibility index (Phi) is 2.63. The van der Waals surface area contributed by atoms with Gasteiger partial charge in [-0.1, -0.05) is 22.4 Å². The molecule has 3 heteroatoms. The molecule has 1 aromatic heterocycles. The van der Waals surface area contributed by atoms with Crippen molar-refractivity contribution in [2.75, 3.05) is 0 Å². The van der Waals surface area contributed by atoms with Crippen LogP contribution in [0, 0.1) is 5.82 Å². The molecule has 1 aliphatic rings. The lowest BCUT2D eigenvalue weighted by Gasteiger charge is -2.13. The SMILES string of the molecule is Fc1cncc(C2CCCC2Br)c1. The van der Waals surface area contributed by atoms with Crippen molar-refractivity contribution in [3.63, 3.8) is 0 Å². The van der Waals surface area contributed by atoms with Crippen molar-refractivity contribution in [1.82, 2.24) is 4.98 Å². The summed E-state index contributed by atoms with van der Waals surface area (Å²) in [6.45, 7) is 0. The number of aromatic nitrogens is 1. The van der Waals surface area contributed by atoms with Crippen LogP contribution in [-0.4, -0.2) is 9.81 Å². The van der Waals surface area contributed by atoms with Gasteiger partial charge in [0.2, 0.25) is 0 Å². The molecular formula is C10H11BrFN. The summed E-state index contributed by atoms with van der Waals surface area (Å²) in [7, 11) is 0. The lowest BCUT2D eigenvalue weighted by Crippen LogP contribution is -2.04. The lowest BCUT2D eigenvalue weighted by atomic mass is 10.00. The summed E-state index contributed by atoms with van der Waals surface area (Å²) in [6, 6.07) is 1.59. The fourth-order valence-corrected chi connectivity index (χ4v) is 2.81. The van der Waals surface area contributed by atoms with Crippen LogP contribution in [0.25, 0.3) is 0 Å². The Bertz CT molecular complexity index is 303. The summed E-state index contributed by atoms with van der Waals surface area (Å²) in [4.78, 5) is 4.36. The van der Waals surface area contributed by atoms with Gasteiger partial charge in [-0.05, 0) is 30.4 Å². The van der Waals surface area contributed by atoms with Crippen LogP contribution >= 0.6 is 15.9 Å². The first-order valence-electron chi connectivity index (χ1n) is 4.52.